The van der Waals surface area contributed by atoms with Crippen molar-refractivity contribution in [2.24, 2.45) is 0 Å². The third-order valence-electron chi connectivity index (χ3n) is 5.32. The number of nitrogens with zero attached hydrogens (tertiary/aromatic N) is 1. The van der Waals surface area contributed by atoms with E-state index in [9.17, 15) is 31.5 Å². The van der Waals surface area contributed by atoms with Gasteiger partial charge in [0, 0.05) is 30.3 Å². The molecule has 1 aromatic heterocycles. The summed E-state index contributed by atoms with van der Waals surface area (Å²) in [5, 5.41) is 10.8. The van der Waals surface area contributed by atoms with Gasteiger partial charge in [-0.05, 0) is 43.7 Å². The number of ether oxygens (including phenoxy) is 1. The van der Waals surface area contributed by atoms with Crippen molar-refractivity contribution in [1.82, 2.24) is 4.57 Å². The number of carbonyl (C=O) groups is 2. The van der Waals surface area contributed by atoms with Crippen LogP contribution in [0.25, 0.3) is 0 Å². The first-order valence-electron chi connectivity index (χ1n) is 11.0. The van der Waals surface area contributed by atoms with Crippen molar-refractivity contribution in [2.75, 3.05) is 11.9 Å². The van der Waals surface area contributed by atoms with Gasteiger partial charge < -0.3 is 19.7 Å². The summed E-state index contributed by atoms with van der Waals surface area (Å²) >= 11 is 5.80. The Bertz CT molecular complexity index is 1320. The molecule has 0 saturated carbocycles. The number of alkyl halides is 3. The van der Waals surface area contributed by atoms with Gasteiger partial charge in [0.25, 0.3) is 5.91 Å². The highest BCUT2D eigenvalue weighted by molar-refractivity contribution is 6.32. The molecule has 3 rings (SSSR count). The van der Waals surface area contributed by atoms with Crippen molar-refractivity contribution in [3.8, 4) is 5.75 Å². The number of anilines is 1. The molecular weight excluding hydrogens is 523 g/mol. The van der Waals surface area contributed by atoms with Crippen molar-refractivity contribution < 1.29 is 41.4 Å². The molecule has 12 heteroatoms. The standard InChI is InChI=1S/C25H22ClF5N2O4/c1-13(2)33-16(7-8-37-21-12-15(27)11-18(28)23(21)26)4-6-20(33)24(36)32-19-9-14(10-22(34)35)3-5-17(19)25(29,30)31/h3-6,9,11-13H,7-8,10H2,1-2H3,(H,32,36)(H,34,35). The number of carbonyl (C=O) groups excluding carboxylic acids is 1. The molecule has 1 heterocycles. The van der Waals surface area contributed by atoms with Crippen LogP contribution in [0.1, 0.15) is 47.2 Å². The average molecular weight is 545 g/mol. The Balaban J connectivity index is 1.84. The quantitative estimate of drug-likeness (QED) is 0.237. The summed E-state index contributed by atoms with van der Waals surface area (Å²) < 4.78 is 74.6. The number of hydrogen-bond acceptors (Lipinski definition) is 3. The fourth-order valence-electron chi connectivity index (χ4n) is 3.81. The molecule has 37 heavy (non-hydrogen) atoms. The number of halogens is 6. The summed E-state index contributed by atoms with van der Waals surface area (Å²) in [4.78, 5) is 24.0. The lowest BCUT2D eigenvalue weighted by Crippen LogP contribution is -2.22. The zero-order valence-corrected chi connectivity index (χ0v) is 20.4. The van der Waals surface area contributed by atoms with E-state index in [4.69, 9.17) is 21.4 Å². The Kier molecular flexibility index (Phi) is 8.47. The molecular formula is C25H22ClF5N2O4. The van der Waals surface area contributed by atoms with Crippen molar-refractivity contribution >= 4 is 29.2 Å². The van der Waals surface area contributed by atoms with Crippen molar-refractivity contribution in [1.29, 1.82) is 0 Å². The normalized spacial score (nSPS) is 11.6. The van der Waals surface area contributed by atoms with E-state index in [0.717, 1.165) is 24.3 Å². The number of hydrogen-bond donors (Lipinski definition) is 2. The molecule has 0 bridgehead atoms. The van der Waals surface area contributed by atoms with E-state index in [2.05, 4.69) is 5.32 Å². The number of aliphatic carboxylic acids is 1. The average Bonchev–Trinajstić information content (AvgIpc) is 3.20. The van der Waals surface area contributed by atoms with Crippen LogP contribution in [0, 0.1) is 11.6 Å². The van der Waals surface area contributed by atoms with Crippen LogP contribution in [-0.2, 0) is 23.8 Å². The SMILES string of the molecule is CC(C)n1c(CCOc2cc(F)cc(F)c2Cl)ccc1C(=O)Nc1cc(CC(=O)O)ccc1C(F)(F)F. The second-order valence-corrected chi connectivity index (χ2v) is 8.75. The smallest absolute Gasteiger partial charge is 0.418 e. The third kappa shape index (κ3) is 6.79. The Labute approximate surface area is 213 Å². The van der Waals surface area contributed by atoms with Gasteiger partial charge in [0.2, 0.25) is 0 Å². The summed E-state index contributed by atoms with van der Waals surface area (Å²) in [6.07, 6.45) is -5.13. The van der Waals surface area contributed by atoms with Crippen LogP contribution in [0.5, 0.6) is 5.75 Å². The van der Waals surface area contributed by atoms with Crippen LogP contribution in [0.3, 0.4) is 0 Å². The molecule has 0 aliphatic rings. The van der Waals surface area contributed by atoms with Crippen molar-refractivity contribution in [3.05, 3.63) is 81.6 Å². The largest absolute Gasteiger partial charge is 0.491 e. The minimum atomic E-state index is -4.79. The Morgan fingerprint density at radius 2 is 1.81 bits per heavy atom. The molecule has 0 aliphatic heterocycles. The lowest BCUT2D eigenvalue weighted by molar-refractivity contribution is -0.137. The molecule has 1 amide bonds. The van der Waals surface area contributed by atoms with Crippen LogP contribution in [0.2, 0.25) is 5.02 Å². The third-order valence-corrected chi connectivity index (χ3v) is 5.69. The highest BCUT2D eigenvalue weighted by Crippen LogP contribution is 2.36. The van der Waals surface area contributed by atoms with Crippen LogP contribution in [0.4, 0.5) is 27.6 Å². The zero-order chi connectivity index (χ0) is 27.5. The van der Waals surface area contributed by atoms with Crippen LogP contribution in [0.15, 0.2) is 42.5 Å². The molecule has 198 valence electrons. The molecule has 0 saturated heterocycles. The second-order valence-electron chi connectivity index (χ2n) is 8.37. The highest BCUT2D eigenvalue weighted by atomic mass is 35.5. The zero-order valence-electron chi connectivity index (χ0n) is 19.6. The maximum absolute atomic E-state index is 13.6. The molecule has 6 nitrogen and oxygen atoms in total. The van der Waals surface area contributed by atoms with Gasteiger partial charge >= 0.3 is 12.1 Å². The van der Waals surface area contributed by atoms with Crippen molar-refractivity contribution in [2.45, 2.75) is 38.9 Å². The molecule has 2 N–H and O–H groups in total. The van der Waals surface area contributed by atoms with Crippen LogP contribution in [-0.4, -0.2) is 28.2 Å². The van der Waals surface area contributed by atoms with Gasteiger partial charge in [0.1, 0.15) is 28.1 Å². The van der Waals surface area contributed by atoms with E-state index < -0.39 is 47.4 Å². The molecule has 0 atom stereocenters. The van der Waals surface area contributed by atoms with E-state index in [0.29, 0.717) is 11.8 Å². The fraction of sp³-hybridized carbons (Fsp3) is 0.280. The van der Waals surface area contributed by atoms with E-state index in [-0.39, 0.29) is 41.1 Å². The molecule has 2 aromatic carbocycles. The predicted octanol–water partition coefficient (Wildman–Crippen LogP) is 6.52. The van der Waals surface area contributed by atoms with Gasteiger partial charge in [-0.15, -0.1) is 0 Å². The summed E-state index contributed by atoms with van der Waals surface area (Å²) in [7, 11) is 0. The minimum absolute atomic E-state index is 0.0524. The number of benzene rings is 2. The monoisotopic (exact) mass is 544 g/mol. The number of amides is 1. The first-order chi connectivity index (χ1) is 17.3. The first-order valence-corrected chi connectivity index (χ1v) is 11.4. The topological polar surface area (TPSA) is 80.6 Å². The molecule has 0 unspecified atom stereocenters. The van der Waals surface area contributed by atoms with Gasteiger partial charge in [0.05, 0.1) is 24.3 Å². The van der Waals surface area contributed by atoms with Gasteiger partial charge in [-0.1, -0.05) is 17.7 Å². The summed E-state index contributed by atoms with van der Waals surface area (Å²) in [6, 6.07) is 7.01. The predicted molar refractivity (Wildman–Crippen MR) is 126 cm³/mol. The number of carboxylic acid groups (broad SMARTS) is 1. The van der Waals surface area contributed by atoms with Gasteiger partial charge in [-0.2, -0.15) is 13.2 Å². The number of carboxylic acids is 1. The Morgan fingerprint density at radius 3 is 2.43 bits per heavy atom. The molecule has 0 radical (unpaired) electrons. The highest BCUT2D eigenvalue weighted by Gasteiger charge is 2.34. The number of rotatable bonds is 9. The Morgan fingerprint density at radius 1 is 1.11 bits per heavy atom. The maximum Gasteiger partial charge on any atom is 0.418 e. The van der Waals surface area contributed by atoms with Gasteiger partial charge in [-0.25, -0.2) is 8.78 Å². The second kappa shape index (κ2) is 11.2. The lowest BCUT2D eigenvalue weighted by Gasteiger charge is -2.19. The molecule has 3 aromatic rings. The first kappa shape index (κ1) is 28.0. The van der Waals surface area contributed by atoms with Crippen molar-refractivity contribution in [3.63, 3.8) is 0 Å². The lowest BCUT2D eigenvalue weighted by atomic mass is 10.1. The van der Waals surface area contributed by atoms with E-state index in [1.54, 1.807) is 24.5 Å². The number of aromatic nitrogens is 1. The van der Waals surface area contributed by atoms with Gasteiger partial charge in [-0.3, -0.25) is 9.59 Å². The van der Waals surface area contributed by atoms with E-state index >= 15 is 0 Å². The van der Waals surface area contributed by atoms with E-state index in [1.165, 1.54) is 6.07 Å². The molecule has 0 fully saturated rings. The van der Waals surface area contributed by atoms with E-state index in [1.807, 2.05) is 0 Å². The van der Waals surface area contributed by atoms with Crippen LogP contribution < -0.4 is 10.1 Å². The maximum atomic E-state index is 13.6. The minimum Gasteiger partial charge on any atom is -0.491 e. The molecule has 0 aliphatic carbocycles. The fourth-order valence-corrected chi connectivity index (χ4v) is 3.97. The van der Waals surface area contributed by atoms with Crippen LogP contribution >= 0.6 is 11.6 Å². The number of nitrogens with one attached hydrogen (secondary N) is 1. The van der Waals surface area contributed by atoms with Gasteiger partial charge in [0.15, 0.2) is 0 Å². The summed E-state index contributed by atoms with van der Waals surface area (Å²) in [6.45, 7) is 3.46. The molecule has 0 spiro atoms. The Hall–Kier alpha value is -3.60. The summed E-state index contributed by atoms with van der Waals surface area (Å²) in [5.41, 5.74) is -0.980. The summed E-state index contributed by atoms with van der Waals surface area (Å²) in [5.74, 6) is -4.12.